The number of rotatable bonds is 5. The van der Waals surface area contributed by atoms with E-state index in [2.05, 4.69) is 20.7 Å². The summed E-state index contributed by atoms with van der Waals surface area (Å²) in [4.78, 5) is 24.4. The Balaban J connectivity index is 1.61. The van der Waals surface area contributed by atoms with E-state index < -0.39 is 11.9 Å². The van der Waals surface area contributed by atoms with Crippen LogP contribution in [0.5, 0.6) is 0 Å². The summed E-state index contributed by atoms with van der Waals surface area (Å²) in [6, 6.07) is 6.63. The molecule has 1 amide bonds. The Hall–Kier alpha value is -2.48. The van der Waals surface area contributed by atoms with Gasteiger partial charge in [0.1, 0.15) is 6.54 Å². The van der Waals surface area contributed by atoms with Crippen LogP contribution in [-0.4, -0.2) is 43.2 Å². The smallest absolute Gasteiger partial charge is 0.308 e. The van der Waals surface area contributed by atoms with Crippen LogP contribution in [0.15, 0.2) is 24.3 Å². The van der Waals surface area contributed by atoms with Gasteiger partial charge in [-0.25, -0.2) is 0 Å². The maximum Gasteiger partial charge on any atom is 0.308 e. The number of carboxylic acids is 1. The molecule has 0 radical (unpaired) electrons. The van der Waals surface area contributed by atoms with Crippen LogP contribution in [0.1, 0.15) is 19.3 Å². The number of aromatic nitrogens is 4. The molecule has 1 aromatic carbocycles. The van der Waals surface area contributed by atoms with E-state index in [1.807, 2.05) is 0 Å². The van der Waals surface area contributed by atoms with Gasteiger partial charge in [0.2, 0.25) is 11.7 Å². The standard InChI is InChI=1S/C15H16ClN5O3/c16-10-6-4-9(5-7-10)14-18-20-21(19-14)8-13(22)17-12-3-1-2-11(12)15(23)24/h4-7,11-12H,1-3,8H2,(H,17,22)(H,23,24)/t11-,12+/m1/s1. The molecule has 1 aromatic heterocycles. The molecule has 3 rings (SSSR count). The molecule has 0 bridgehead atoms. The lowest BCUT2D eigenvalue weighted by Crippen LogP contribution is -2.41. The summed E-state index contributed by atoms with van der Waals surface area (Å²) in [7, 11) is 0. The second-order valence-electron chi connectivity index (χ2n) is 5.70. The molecule has 0 aliphatic heterocycles. The molecule has 2 aromatic rings. The van der Waals surface area contributed by atoms with Crippen molar-refractivity contribution in [2.45, 2.75) is 31.8 Å². The fourth-order valence-corrected chi connectivity index (χ4v) is 2.96. The molecule has 1 aliphatic carbocycles. The predicted molar refractivity (Wildman–Crippen MR) is 85.2 cm³/mol. The van der Waals surface area contributed by atoms with Crippen LogP contribution in [0.25, 0.3) is 11.4 Å². The Morgan fingerprint density at radius 2 is 2.04 bits per heavy atom. The summed E-state index contributed by atoms with van der Waals surface area (Å²) in [5.41, 5.74) is 0.743. The van der Waals surface area contributed by atoms with E-state index in [0.717, 1.165) is 12.0 Å². The minimum absolute atomic E-state index is 0.108. The zero-order chi connectivity index (χ0) is 17.1. The molecule has 1 fully saturated rings. The number of carbonyl (C=O) groups is 2. The molecule has 0 saturated heterocycles. The number of nitrogens with zero attached hydrogens (tertiary/aromatic N) is 4. The normalized spacial score (nSPS) is 20.0. The first-order valence-electron chi connectivity index (χ1n) is 7.59. The number of carboxylic acid groups (broad SMARTS) is 1. The van der Waals surface area contributed by atoms with Gasteiger partial charge < -0.3 is 10.4 Å². The number of aliphatic carboxylic acids is 1. The zero-order valence-electron chi connectivity index (χ0n) is 12.7. The van der Waals surface area contributed by atoms with E-state index in [9.17, 15) is 9.59 Å². The number of nitrogens with one attached hydrogen (secondary N) is 1. The molecule has 0 spiro atoms. The molecule has 1 aliphatic rings. The predicted octanol–water partition coefficient (Wildman–Crippen LogP) is 1.36. The van der Waals surface area contributed by atoms with E-state index >= 15 is 0 Å². The Labute approximate surface area is 142 Å². The maximum atomic E-state index is 12.1. The molecule has 1 heterocycles. The lowest BCUT2D eigenvalue weighted by molar-refractivity contribution is -0.142. The third-order valence-corrected chi connectivity index (χ3v) is 4.27. The Morgan fingerprint density at radius 3 is 2.75 bits per heavy atom. The molecule has 0 unspecified atom stereocenters. The fourth-order valence-electron chi connectivity index (χ4n) is 2.83. The van der Waals surface area contributed by atoms with Crippen molar-refractivity contribution >= 4 is 23.5 Å². The zero-order valence-corrected chi connectivity index (χ0v) is 13.5. The SMILES string of the molecule is O=C(Cn1nnc(-c2ccc(Cl)cc2)n1)N[C@H]1CCC[C@H]1C(=O)O. The molecule has 2 atom stereocenters. The van der Waals surface area contributed by atoms with Crippen molar-refractivity contribution in [3.05, 3.63) is 29.3 Å². The average molecular weight is 350 g/mol. The third-order valence-electron chi connectivity index (χ3n) is 4.02. The van der Waals surface area contributed by atoms with E-state index in [1.165, 1.54) is 4.80 Å². The van der Waals surface area contributed by atoms with Crippen molar-refractivity contribution < 1.29 is 14.7 Å². The van der Waals surface area contributed by atoms with Crippen LogP contribution in [0.4, 0.5) is 0 Å². The largest absolute Gasteiger partial charge is 0.481 e. The minimum atomic E-state index is -0.873. The summed E-state index contributed by atoms with van der Waals surface area (Å²) in [5, 5.41) is 24.4. The van der Waals surface area contributed by atoms with Crippen LogP contribution >= 0.6 is 11.6 Å². The topological polar surface area (TPSA) is 110 Å². The van der Waals surface area contributed by atoms with Gasteiger partial charge >= 0.3 is 5.97 Å². The van der Waals surface area contributed by atoms with Gasteiger partial charge in [-0.05, 0) is 42.3 Å². The van der Waals surface area contributed by atoms with Gasteiger partial charge in [-0.1, -0.05) is 18.0 Å². The molecule has 2 N–H and O–H groups in total. The van der Waals surface area contributed by atoms with Crippen LogP contribution in [0, 0.1) is 5.92 Å². The summed E-state index contributed by atoms with van der Waals surface area (Å²) >= 11 is 5.83. The number of hydrogen-bond donors (Lipinski definition) is 2. The highest BCUT2D eigenvalue weighted by Crippen LogP contribution is 2.25. The second-order valence-corrected chi connectivity index (χ2v) is 6.14. The van der Waals surface area contributed by atoms with E-state index in [4.69, 9.17) is 16.7 Å². The lowest BCUT2D eigenvalue weighted by Gasteiger charge is -2.17. The van der Waals surface area contributed by atoms with Crippen molar-refractivity contribution in [2.75, 3.05) is 0 Å². The van der Waals surface area contributed by atoms with Gasteiger partial charge in [0.05, 0.1) is 5.92 Å². The first-order chi connectivity index (χ1) is 11.5. The van der Waals surface area contributed by atoms with Crippen molar-refractivity contribution in [2.24, 2.45) is 5.92 Å². The number of carbonyl (C=O) groups excluding carboxylic acids is 1. The molecular formula is C15H16ClN5O3. The number of hydrogen-bond acceptors (Lipinski definition) is 5. The first kappa shape index (κ1) is 16.4. The highest BCUT2D eigenvalue weighted by atomic mass is 35.5. The van der Waals surface area contributed by atoms with Gasteiger partial charge in [-0.15, -0.1) is 10.2 Å². The average Bonchev–Trinajstić information content (AvgIpc) is 3.17. The van der Waals surface area contributed by atoms with Crippen LogP contribution in [0.3, 0.4) is 0 Å². The number of tetrazole rings is 1. The van der Waals surface area contributed by atoms with Crippen LogP contribution < -0.4 is 5.32 Å². The van der Waals surface area contributed by atoms with Crippen LogP contribution in [-0.2, 0) is 16.1 Å². The van der Waals surface area contributed by atoms with E-state index in [1.54, 1.807) is 24.3 Å². The van der Waals surface area contributed by atoms with Crippen molar-refractivity contribution in [3.63, 3.8) is 0 Å². The van der Waals surface area contributed by atoms with Crippen molar-refractivity contribution in [1.82, 2.24) is 25.5 Å². The second kappa shape index (κ2) is 6.96. The molecule has 9 heteroatoms. The van der Waals surface area contributed by atoms with Gasteiger partial charge in [0.25, 0.3) is 0 Å². The Bertz CT molecular complexity index is 746. The summed E-state index contributed by atoms with van der Waals surface area (Å²) in [5.74, 6) is -1.33. The fraction of sp³-hybridized carbons (Fsp3) is 0.400. The highest BCUT2D eigenvalue weighted by molar-refractivity contribution is 6.30. The molecule has 126 valence electrons. The summed E-state index contributed by atoms with van der Waals surface area (Å²) < 4.78 is 0. The highest BCUT2D eigenvalue weighted by Gasteiger charge is 2.33. The monoisotopic (exact) mass is 349 g/mol. The van der Waals surface area contributed by atoms with E-state index in [-0.39, 0.29) is 18.5 Å². The lowest BCUT2D eigenvalue weighted by atomic mass is 10.0. The van der Waals surface area contributed by atoms with Gasteiger partial charge in [-0.2, -0.15) is 4.80 Å². The molecule has 1 saturated carbocycles. The molecular weight excluding hydrogens is 334 g/mol. The van der Waals surface area contributed by atoms with Gasteiger partial charge in [0.15, 0.2) is 0 Å². The van der Waals surface area contributed by atoms with Crippen molar-refractivity contribution in [1.29, 1.82) is 0 Å². The maximum absolute atomic E-state index is 12.1. The Morgan fingerprint density at radius 1 is 1.29 bits per heavy atom. The third kappa shape index (κ3) is 3.70. The molecule has 24 heavy (non-hydrogen) atoms. The van der Waals surface area contributed by atoms with Gasteiger partial charge in [-0.3, -0.25) is 9.59 Å². The van der Waals surface area contributed by atoms with Gasteiger partial charge in [0, 0.05) is 16.6 Å². The number of amides is 1. The summed E-state index contributed by atoms with van der Waals surface area (Å²) in [6.45, 7) is -0.108. The van der Waals surface area contributed by atoms with Crippen molar-refractivity contribution in [3.8, 4) is 11.4 Å². The quantitative estimate of drug-likeness (QED) is 0.843. The number of halogens is 1. The Kier molecular flexibility index (Phi) is 4.75. The summed E-state index contributed by atoms with van der Waals surface area (Å²) in [6.07, 6.45) is 2.05. The number of benzene rings is 1. The molecule has 8 nitrogen and oxygen atoms in total. The first-order valence-corrected chi connectivity index (χ1v) is 7.96. The van der Waals surface area contributed by atoms with Crippen LogP contribution in [0.2, 0.25) is 5.02 Å². The van der Waals surface area contributed by atoms with E-state index in [0.29, 0.717) is 23.7 Å². The minimum Gasteiger partial charge on any atom is -0.481 e.